The SMILES string of the molecule is Cc1noc2ncc(S(=O)(=O)Oc3ccccc3C(F)(F)F)cc12. The summed E-state index contributed by atoms with van der Waals surface area (Å²) in [6, 6.07) is 5.22. The molecule has 0 aliphatic rings. The van der Waals surface area contributed by atoms with Crippen molar-refractivity contribution in [3.05, 3.63) is 47.8 Å². The maximum Gasteiger partial charge on any atom is 0.420 e. The van der Waals surface area contributed by atoms with Gasteiger partial charge in [-0.1, -0.05) is 17.3 Å². The quantitative estimate of drug-likeness (QED) is 0.668. The summed E-state index contributed by atoms with van der Waals surface area (Å²) in [5.74, 6) is -0.813. The number of fused-ring (bicyclic) bond motifs is 1. The topological polar surface area (TPSA) is 82.3 Å². The summed E-state index contributed by atoms with van der Waals surface area (Å²) >= 11 is 0. The number of benzene rings is 1. The number of aryl methyl sites for hydroxylation is 1. The molecule has 0 saturated carbocycles. The fourth-order valence-corrected chi connectivity index (χ4v) is 2.92. The predicted octanol–water partition coefficient (Wildman–Crippen LogP) is 3.32. The van der Waals surface area contributed by atoms with Crippen LogP contribution in [0.25, 0.3) is 11.1 Å². The molecule has 2 heterocycles. The Morgan fingerprint density at radius 2 is 1.92 bits per heavy atom. The van der Waals surface area contributed by atoms with Gasteiger partial charge in [0.1, 0.15) is 4.90 Å². The molecule has 0 aliphatic carbocycles. The average molecular weight is 358 g/mol. The van der Waals surface area contributed by atoms with E-state index in [1.165, 1.54) is 12.1 Å². The molecule has 0 atom stereocenters. The van der Waals surface area contributed by atoms with Crippen LogP contribution in [-0.2, 0) is 16.3 Å². The molecule has 0 radical (unpaired) electrons. The van der Waals surface area contributed by atoms with Crippen molar-refractivity contribution >= 4 is 21.2 Å². The molecular weight excluding hydrogens is 349 g/mol. The van der Waals surface area contributed by atoms with E-state index in [1.807, 2.05) is 0 Å². The van der Waals surface area contributed by atoms with E-state index in [9.17, 15) is 21.6 Å². The van der Waals surface area contributed by atoms with Gasteiger partial charge in [0.05, 0.1) is 22.8 Å². The molecule has 2 aromatic heterocycles. The number of halogens is 3. The Hall–Kier alpha value is -2.62. The van der Waals surface area contributed by atoms with Crippen LogP contribution in [0.4, 0.5) is 13.2 Å². The van der Waals surface area contributed by atoms with E-state index in [0.717, 1.165) is 24.4 Å². The van der Waals surface area contributed by atoms with Crippen molar-refractivity contribution < 1.29 is 30.3 Å². The zero-order valence-corrected chi connectivity index (χ0v) is 12.9. The van der Waals surface area contributed by atoms with E-state index in [4.69, 9.17) is 4.52 Å². The molecule has 0 bridgehead atoms. The Balaban J connectivity index is 2.04. The second-order valence-corrected chi connectivity index (χ2v) is 6.37. The van der Waals surface area contributed by atoms with Crippen molar-refractivity contribution in [2.24, 2.45) is 0 Å². The van der Waals surface area contributed by atoms with Gasteiger partial charge in [-0.25, -0.2) is 4.98 Å². The molecule has 0 fully saturated rings. The fraction of sp³-hybridized carbons (Fsp3) is 0.143. The van der Waals surface area contributed by atoms with E-state index in [2.05, 4.69) is 14.3 Å². The van der Waals surface area contributed by atoms with Crippen LogP contribution in [0.15, 0.2) is 45.9 Å². The first kappa shape index (κ1) is 16.2. The number of pyridine rings is 1. The maximum atomic E-state index is 12.9. The van der Waals surface area contributed by atoms with Crippen molar-refractivity contribution in [1.29, 1.82) is 0 Å². The monoisotopic (exact) mass is 358 g/mol. The molecule has 3 rings (SSSR count). The first-order valence-electron chi connectivity index (χ1n) is 6.51. The lowest BCUT2D eigenvalue weighted by Crippen LogP contribution is -2.14. The molecule has 0 amide bonds. The molecule has 0 saturated heterocycles. The molecule has 126 valence electrons. The van der Waals surface area contributed by atoms with Gasteiger partial charge < -0.3 is 8.71 Å². The maximum absolute atomic E-state index is 12.9. The largest absolute Gasteiger partial charge is 0.420 e. The second-order valence-electron chi connectivity index (χ2n) is 4.82. The number of para-hydroxylation sites is 1. The summed E-state index contributed by atoms with van der Waals surface area (Å²) in [6.45, 7) is 1.57. The number of rotatable bonds is 3. The third-order valence-corrected chi connectivity index (χ3v) is 4.37. The van der Waals surface area contributed by atoms with Gasteiger partial charge in [0, 0.05) is 0 Å². The molecule has 0 aliphatic heterocycles. The first-order chi connectivity index (χ1) is 11.2. The highest BCUT2D eigenvalue weighted by Crippen LogP contribution is 2.37. The molecule has 0 N–H and O–H groups in total. The van der Waals surface area contributed by atoms with Gasteiger partial charge in [-0.3, -0.25) is 0 Å². The van der Waals surface area contributed by atoms with Gasteiger partial charge in [0.25, 0.3) is 5.71 Å². The second kappa shape index (κ2) is 5.48. The lowest BCUT2D eigenvalue weighted by Gasteiger charge is -2.13. The third-order valence-electron chi connectivity index (χ3n) is 3.17. The number of alkyl halides is 3. The Kier molecular flexibility index (Phi) is 3.71. The molecule has 1 aromatic carbocycles. The smallest absolute Gasteiger partial charge is 0.378 e. The van der Waals surface area contributed by atoms with Crippen molar-refractivity contribution in [3.8, 4) is 5.75 Å². The molecule has 0 unspecified atom stereocenters. The Labute approximate surface area is 134 Å². The van der Waals surface area contributed by atoms with Gasteiger partial charge in [-0.05, 0) is 25.1 Å². The molecule has 6 nitrogen and oxygen atoms in total. The highest BCUT2D eigenvalue weighted by molar-refractivity contribution is 7.87. The first-order valence-corrected chi connectivity index (χ1v) is 7.92. The van der Waals surface area contributed by atoms with Crippen LogP contribution in [0.5, 0.6) is 5.75 Å². The third kappa shape index (κ3) is 2.92. The van der Waals surface area contributed by atoms with Crippen LogP contribution in [0.1, 0.15) is 11.3 Å². The van der Waals surface area contributed by atoms with Gasteiger partial charge in [0.2, 0.25) is 0 Å². The lowest BCUT2D eigenvalue weighted by molar-refractivity contribution is -0.138. The highest BCUT2D eigenvalue weighted by atomic mass is 32.2. The van der Waals surface area contributed by atoms with Gasteiger partial charge in [0.15, 0.2) is 5.75 Å². The Bertz CT molecular complexity index is 1010. The predicted molar refractivity (Wildman–Crippen MR) is 75.8 cm³/mol. The summed E-state index contributed by atoms with van der Waals surface area (Å²) in [4.78, 5) is 3.37. The fourth-order valence-electron chi connectivity index (χ4n) is 2.00. The van der Waals surface area contributed by atoms with Crippen LogP contribution in [-0.4, -0.2) is 18.6 Å². The van der Waals surface area contributed by atoms with Crippen molar-refractivity contribution in [1.82, 2.24) is 10.1 Å². The molecule has 0 spiro atoms. The van der Waals surface area contributed by atoms with E-state index in [-0.39, 0.29) is 5.71 Å². The highest BCUT2D eigenvalue weighted by Gasteiger charge is 2.35. The summed E-state index contributed by atoms with van der Waals surface area (Å²) in [6.07, 6.45) is -3.82. The van der Waals surface area contributed by atoms with Crippen molar-refractivity contribution in [2.45, 2.75) is 18.0 Å². The standard InChI is InChI=1S/C14H9F3N2O4S/c1-8-10-6-9(7-18-13(10)22-19-8)24(20,21)23-12-5-3-2-4-11(12)14(15,16)17/h2-7H,1H3. The normalized spacial score (nSPS) is 12.5. The van der Waals surface area contributed by atoms with E-state index < -0.39 is 32.5 Å². The van der Waals surface area contributed by atoms with Gasteiger partial charge in [-0.2, -0.15) is 21.6 Å². The van der Waals surface area contributed by atoms with E-state index in [0.29, 0.717) is 11.1 Å². The zero-order chi connectivity index (χ0) is 17.5. The van der Waals surface area contributed by atoms with E-state index >= 15 is 0 Å². The minimum absolute atomic E-state index is 0.113. The average Bonchev–Trinajstić information content (AvgIpc) is 2.87. The van der Waals surface area contributed by atoms with E-state index in [1.54, 1.807) is 6.92 Å². The number of hydrogen-bond acceptors (Lipinski definition) is 6. The molecule has 24 heavy (non-hydrogen) atoms. The molecular formula is C14H9F3N2O4S. The van der Waals surface area contributed by atoms with Crippen LogP contribution in [0, 0.1) is 6.92 Å². The minimum atomic E-state index is -4.75. The Morgan fingerprint density at radius 1 is 1.21 bits per heavy atom. The Morgan fingerprint density at radius 3 is 2.62 bits per heavy atom. The zero-order valence-electron chi connectivity index (χ0n) is 12.0. The number of aromatic nitrogens is 2. The van der Waals surface area contributed by atoms with Gasteiger partial charge >= 0.3 is 16.3 Å². The van der Waals surface area contributed by atoms with Crippen LogP contribution in [0.2, 0.25) is 0 Å². The van der Waals surface area contributed by atoms with Crippen molar-refractivity contribution in [3.63, 3.8) is 0 Å². The summed E-state index contributed by atoms with van der Waals surface area (Å²) in [5.41, 5.74) is -0.684. The van der Waals surface area contributed by atoms with Crippen LogP contribution >= 0.6 is 0 Å². The minimum Gasteiger partial charge on any atom is -0.378 e. The summed E-state index contributed by atoms with van der Waals surface area (Å²) < 4.78 is 72.9. The van der Waals surface area contributed by atoms with Crippen LogP contribution in [0.3, 0.4) is 0 Å². The number of nitrogens with zero attached hydrogens (tertiary/aromatic N) is 2. The summed E-state index contributed by atoms with van der Waals surface area (Å²) in [5, 5.41) is 3.95. The lowest BCUT2D eigenvalue weighted by atomic mass is 10.2. The van der Waals surface area contributed by atoms with Crippen LogP contribution < -0.4 is 4.18 Å². The van der Waals surface area contributed by atoms with Gasteiger partial charge in [-0.15, -0.1) is 0 Å². The summed E-state index contributed by atoms with van der Waals surface area (Å²) in [7, 11) is -4.51. The number of hydrogen-bond donors (Lipinski definition) is 0. The molecule has 10 heteroatoms. The van der Waals surface area contributed by atoms with Crippen molar-refractivity contribution in [2.75, 3.05) is 0 Å². The molecule has 3 aromatic rings.